The van der Waals surface area contributed by atoms with Crippen molar-refractivity contribution >= 4 is 49.7 Å². The molecule has 1 heterocycles. The van der Waals surface area contributed by atoms with Crippen LogP contribution in [0.15, 0.2) is 192 Å². The van der Waals surface area contributed by atoms with Gasteiger partial charge in [0.25, 0.3) is 0 Å². The predicted molar refractivity (Wildman–Crippen MR) is 259 cm³/mol. The molecule has 0 saturated heterocycles. The number of hydrogen-bond acceptors (Lipinski definition) is 2. The third kappa shape index (κ3) is 6.07. The van der Waals surface area contributed by atoms with Crippen molar-refractivity contribution < 1.29 is 4.42 Å². The van der Waals surface area contributed by atoms with Gasteiger partial charge in [0.1, 0.15) is 11.2 Å². The van der Waals surface area contributed by atoms with E-state index in [1.807, 2.05) is 0 Å². The normalized spacial score (nSPS) is 16.5. The minimum absolute atomic E-state index is 0.0264. The van der Waals surface area contributed by atoms with Crippen LogP contribution >= 0.6 is 0 Å². The number of allylic oxidation sites excluding steroid dienone is 4. The number of furan rings is 1. The van der Waals surface area contributed by atoms with Gasteiger partial charge in [-0.05, 0) is 138 Å². The minimum Gasteiger partial charge on any atom is -0.456 e. The summed E-state index contributed by atoms with van der Waals surface area (Å²) in [5, 5.41) is 8.47. The van der Waals surface area contributed by atoms with Crippen molar-refractivity contribution in [1.82, 2.24) is 0 Å². The lowest BCUT2D eigenvalue weighted by Crippen LogP contribution is -2.17. The molecule has 0 saturated carbocycles. The highest BCUT2D eigenvalue weighted by Gasteiger charge is 2.39. The SMILES string of the molecule is CC1(C)c2ccccc2-c2ccc(-c3ccccc3)cc21.CC1CC=CC2=C1c1ccc(Nc3ccc(-c4ccc5oc6ccc7ccccc7c6c5c4)cc3)cc1C2(C)C. The quantitative estimate of drug-likeness (QED) is 0.192. The van der Waals surface area contributed by atoms with E-state index in [9.17, 15) is 0 Å². The number of fused-ring (bicyclic) bond motifs is 10. The van der Waals surface area contributed by atoms with Gasteiger partial charge in [-0.15, -0.1) is 0 Å². The molecule has 2 heteroatoms. The summed E-state index contributed by atoms with van der Waals surface area (Å²) >= 11 is 0. The van der Waals surface area contributed by atoms with Crippen molar-refractivity contribution in [1.29, 1.82) is 0 Å². The molecular formula is C59H49NO. The minimum atomic E-state index is 0.0264. The number of nitrogens with one attached hydrogen (secondary N) is 1. The first-order valence-electron chi connectivity index (χ1n) is 21.7. The number of benzene rings is 8. The van der Waals surface area contributed by atoms with Crippen LogP contribution in [0.25, 0.3) is 71.7 Å². The second-order valence-electron chi connectivity index (χ2n) is 18.2. The third-order valence-corrected chi connectivity index (χ3v) is 13.8. The Morgan fingerprint density at radius 2 is 1.13 bits per heavy atom. The van der Waals surface area contributed by atoms with Crippen LogP contribution in [0.1, 0.15) is 63.3 Å². The fourth-order valence-corrected chi connectivity index (χ4v) is 10.5. The van der Waals surface area contributed by atoms with Gasteiger partial charge < -0.3 is 9.73 Å². The largest absolute Gasteiger partial charge is 0.456 e. The van der Waals surface area contributed by atoms with E-state index in [-0.39, 0.29) is 10.8 Å². The molecule has 1 N–H and O–H groups in total. The van der Waals surface area contributed by atoms with E-state index in [1.165, 1.54) is 82.9 Å². The van der Waals surface area contributed by atoms with Crippen molar-refractivity contribution in [3.05, 3.63) is 210 Å². The summed E-state index contributed by atoms with van der Waals surface area (Å²) in [6.45, 7) is 11.7. The maximum absolute atomic E-state index is 6.20. The Kier molecular flexibility index (Phi) is 8.58. The fourth-order valence-electron chi connectivity index (χ4n) is 10.5. The molecule has 0 radical (unpaired) electrons. The summed E-state index contributed by atoms with van der Waals surface area (Å²) in [7, 11) is 0. The molecular weight excluding hydrogens is 739 g/mol. The van der Waals surface area contributed by atoms with E-state index >= 15 is 0 Å². The van der Waals surface area contributed by atoms with Crippen LogP contribution in [-0.4, -0.2) is 0 Å². The molecule has 61 heavy (non-hydrogen) atoms. The average molecular weight is 788 g/mol. The first kappa shape index (κ1) is 37.1. The number of hydrogen-bond donors (Lipinski definition) is 1. The molecule has 3 aliphatic rings. The summed E-state index contributed by atoms with van der Waals surface area (Å²) in [5.74, 6) is 0.574. The first-order chi connectivity index (χ1) is 29.6. The van der Waals surface area contributed by atoms with Crippen LogP contribution in [0, 0.1) is 5.92 Å². The van der Waals surface area contributed by atoms with Crippen LogP contribution in [0.3, 0.4) is 0 Å². The highest BCUT2D eigenvalue weighted by atomic mass is 16.3. The standard InChI is InChI=1S/C38H31NO.C21H18/c1-23-7-6-10-32-36(23)30-18-17-28(22-33(30)38(32,2)3)39-27-15-11-24(12-16-27)26-14-19-34-31(21-26)37-29-9-5-4-8-25(29)13-20-35(37)40-34;1-21(2)19-11-7-6-10-17(19)18-13-12-16(14-20(18)21)15-8-4-3-5-9-15/h4-6,8-23,39H,7H2,1-3H3;3-14H,1-2H3. The summed E-state index contributed by atoms with van der Waals surface area (Å²) < 4.78 is 6.20. The monoisotopic (exact) mass is 787 g/mol. The zero-order chi connectivity index (χ0) is 41.5. The summed E-state index contributed by atoms with van der Waals surface area (Å²) in [5.41, 5.74) is 20.7. The van der Waals surface area contributed by atoms with Crippen molar-refractivity contribution in [2.75, 3.05) is 5.32 Å². The van der Waals surface area contributed by atoms with Crippen LogP contribution in [-0.2, 0) is 10.8 Å². The highest BCUT2D eigenvalue weighted by Crippen LogP contribution is 2.53. The molecule has 8 aromatic carbocycles. The second kappa shape index (κ2) is 14.1. The van der Waals surface area contributed by atoms with E-state index < -0.39 is 0 Å². The number of anilines is 2. The molecule has 2 nitrogen and oxygen atoms in total. The van der Waals surface area contributed by atoms with Gasteiger partial charge in [0.05, 0.1) is 0 Å². The van der Waals surface area contributed by atoms with Gasteiger partial charge in [-0.3, -0.25) is 0 Å². The maximum Gasteiger partial charge on any atom is 0.136 e. The lowest BCUT2D eigenvalue weighted by molar-refractivity contribution is 0.643. The van der Waals surface area contributed by atoms with Crippen molar-refractivity contribution in [2.24, 2.45) is 5.92 Å². The Labute approximate surface area is 358 Å². The second-order valence-corrected chi connectivity index (χ2v) is 18.2. The van der Waals surface area contributed by atoms with Crippen LogP contribution in [0.5, 0.6) is 0 Å². The Morgan fingerprint density at radius 3 is 1.98 bits per heavy atom. The first-order valence-corrected chi connectivity index (χ1v) is 21.7. The lowest BCUT2D eigenvalue weighted by atomic mass is 9.79. The molecule has 0 aliphatic heterocycles. The fraction of sp³-hybridized carbons (Fsp3) is 0.153. The Morgan fingerprint density at radius 1 is 0.492 bits per heavy atom. The molecule has 0 spiro atoms. The molecule has 3 aliphatic carbocycles. The molecule has 296 valence electrons. The molecule has 0 fully saturated rings. The van der Waals surface area contributed by atoms with E-state index in [4.69, 9.17) is 4.42 Å². The van der Waals surface area contributed by atoms with Gasteiger partial charge in [-0.1, -0.05) is 168 Å². The molecule has 12 rings (SSSR count). The van der Waals surface area contributed by atoms with E-state index in [1.54, 1.807) is 0 Å². The maximum atomic E-state index is 6.20. The Balaban J connectivity index is 0.000000168. The Hall–Kier alpha value is -6.90. The van der Waals surface area contributed by atoms with Crippen molar-refractivity contribution in [2.45, 2.75) is 51.9 Å². The topological polar surface area (TPSA) is 25.2 Å². The predicted octanol–water partition coefficient (Wildman–Crippen LogP) is 16.5. The van der Waals surface area contributed by atoms with E-state index in [0.29, 0.717) is 5.92 Å². The van der Waals surface area contributed by atoms with Gasteiger partial charge in [0, 0.05) is 33.0 Å². The molecule has 0 amide bonds. The molecule has 0 bridgehead atoms. The van der Waals surface area contributed by atoms with E-state index in [2.05, 4.69) is 222 Å². The summed E-state index contributed by atoms with van der Waals surface area (Å²) in [6.07, 6.45) is 5.82. The van der Waals surface area contributed by atoms with Crippen LogP contribution < -0.4 is 5.32 Å². The number of rotatable bonds is 4. The summed E-state index contributed by atoms with van der Waals surface area (Å²) in [6, 6.07) is 61.2. The van der Waals surface area contributed by atoms with Gasteiger partial charge in [-0.25, -0.2) is 0 Å². The van der Waals surface area contributed by atoms with Gasteiger partial charge >= 0.3 is 0 Å². The van der Waals surface area contributed by atoms with Gasteiger partial charge in [0.2, 0.25) is 0 Å². The Bertz CT molecular complexity index is 3250. The lowest BCUT2D eigenvalue weighted by Gasteiger charge is -2.25. The van der Waals surface area contributed by atoms with Crippen LogP contribution in [0.2, 0.25) is 0 Å². The third-order valence-electron chi connectivity index (χ3n) is 13.8. The van der Waals surface area contributed by atoms with Crippen LogP contribution in [0.4, 0.5) is 11.4 Å². The zero-order valence-corrected chi connectivity index (χ0v) is 35.5. The average Bonchev–Trinajstić information content (AvgIpc) is 3.87. The smallest absolute Gasteiger partial charge is 0.136 e. The summed E-state index contributed by atoms with van der Waals surface area (Å²) in [4.78, 5) is 0. The van der Waals surface area contributed by atoms with E-state index in [0.717, 1.165) is 34.3 Å². The van der Waals surface area contributed by atoms with Crippen molar-refractivity contribution in [3.63, 3.8) is 0 Å². The molecule has 1 aromatic heterocycles. The highest BCUT2D eigenvalue weighted by molar-refractivity contribution is 6.19. The van der Waals surface area contributed by atoms with Gasteiger partial charge in [-0.2, -0.15) is 0 Å². The van der Waals surface area contributed by atoms with Crippen molar-refractivity contribution in [3.8, 4) is 33.4 Å². The molecule has 1 unspecified atom stereocenters. The van der Waals surface area contributed by atoms with Gasteiger partial charge in [0.15, 0.2) is 0 Å². The molecule has 9 aromatic rings. The zero-order valence-electron chi connectivity index (χ0n) is 35.5. The molecule has 1 atom stereocenters.